The average molecular weight is 331 g/mol. The van der Waals surface area contributed by atoms with E-state index >= 15 is 0 Å². The lowest BCUT2D eigenvalue weighted by molar-refractivity contribution is 0.481. The predicted octanol–water partition coefficient (Wildman–Crippen LogP) is 5.41. The lowest BCUT2D eigenvalue weighted by atomic mass is 10.0. The molecule has 0 saturated heterocycles. The highest BCUT2D eigenvalue weighted by molar-refractivity contribution is 5.35. The van der Waals surface area contributed by atoms with E-state index < -0.39 is 0 Å². The van der Waals surface area contributed by atoms with Crippen molar-refractivity contribution < 1.29 is 4.74 Å². The molecule has 0 saturated carbocycles. The van der Waals surface area contributed by atoms with Gasteiger partial charge in [-0.15, -0.1) is 0 Å². The van der Waals surface area contributed by atoms with Gasteiger partial charge in [0.1, 0.15) is 11.5 Å². The second-order valence-electron chi connectivity index (χ2n) is 6.33. The molecule has 0 spiro atoms. The SMILES string of the molecule is CC(CNCCc1ccccc1)c1cccc(Oc2ccccc2)c1. The molecule has 0 amide bonds. The largest absolute Gasteiger partial charge is 0.457 e. The Bertz CT molecular complexity index is 755. The van der Waals surface area contributed by atoms with Gasteiger partial charge in [-0.3, -0.25) is 0 Å². The van der Waals surface area contributed by atoms with E-state index in [1.807, 2.05) is 36.4 Å². The summed E-state index contributed by atoms with van der Waals surface area (Å²) in [5.41, 5.74) is 2.67. The first kappa shape index (κ1) is 17.2. The lowest BCUT2D eigenvalue weighted by Crippen LogP contribution is -2.22. The molecular formula is C23H25NO. The fourth-order valence-corrected chi connectivity index (χ4v) is 2.82. The van der Waals surface area contributed by atoms with Gasteiger partial charge >= 0.3 is 0 Å². The Morgan fingerprint density at radius 1 is 0.800 bits per heavy atom. The van der Waals surface area contributed by atoms with Gasteiger partial charge < -0.3 is 10.1 Å². The van der Waals surface area contributed by atoms with Crippen LogP contribution in [0.25, 0.3) is 0 Å². The second-order valence-corrected chi connectivity index (χ2v) is 6.33. The van der Waals surface area contributed by atoms with Crippen LogP contribution < -0.4 is 10.1 Å². The number of nitrogens with one attached hydrogen (secondary N) is 1. The zero-order chi connectivity index (χ0) is 17.3. The van der Waals surface area contributed by atoms with E-state index in [9.17, 15) is 0 Å². The van der Waals surface area contributed by atoms with E-state index in [4.69, 9.17) is 4.74 Å². The van der Waals surface area contributed by atoms with Crippen LogP contribution in [0, 0.1) is 0 Å². The van der Waals surface area contributed by atoms with Crippen molar-refractivity contribution in [2.75, 3.05) is 13.1 Å². The third-order valence-corrected chi connectivity index (χ3v) is 4.29. The normalized spacial score (nSPS) is 11.9. The first-order valence-corrected chi connectivity index (χ1v) is 8.89. The lowest BCUT2D eigenvalue weighted by Gasteiger charge is -2.15. The van der Waals surface area contributed by atoms with Gasteiger partial charge in [0.2, 0.25) is 0 Å². The molecule has 2 heteroatoms. The Labute approximate surface area is 150 Å². The minimum Gasteiger partial charge on any atom is -0.457 e. The molecule has 1 N–H and O–H groups in total. The minimum atomic E-state index is 0.440. The average Bonchev–Trinajstić information content (AvgIpc) is 2.67. The van der Waals surface area contributed by atoms with Crippen molar-refractivity contribution >= 4 is 0 Å². The summed E-state index contributed by atoms with van der Waals surface area (Å²) in [6.45, 7) is 4.20. The van der Waals surface area contributed by atoms with Crippen molar-refractivity contribution in [2.45, 2.75) is 19.3 Å². The maximum Gasteiger partial charge on any atom is 0.127 e. The molecule has 25 heavy (non-hydrogen) atoms. The van der Waals surface area contributed by atoms with E-state index in [2.05, 4.69) is 60.8 Å². The third kappa shape index (κ3) is 5.47. The van der Waals surface area contributed by atoms with Crippen LogP contribution in [0.5, 0.6) is 11.5 Å². The van der Waals surface area contributed by atoms with E-state index in [0.717, 1.165) is 31.0 Å². The van der Waals surface area contributed by atoms with E-state index in [0.29, 0.717) is 5.92 Å². The van der Waals surface area contributed by atoms with Crippen LogP contribution in [-0.4, -0.2) is 13.1 Å². The summed E-state index contributed by atoms with van der Waals surface area (Å²) in [7, 11) is 0. The molecule has 2 nitrogen and oxygen atoms in total. The maximum atomic E-state index is 5.93. The van der Waals surface area contributed by atoms with Crippen molar-refractivity contribution in [1.82, 2.24) is 5.32 Å². The van der Waals surface area contributed by atoms with Crippen LogP contribution in [0.15, 0.2) is 84.9 Å². The first-order chi connectivity index (χ1) is 12.3. The quantitative estimate of drug-likeness (QED) is 0.557. The molecule has 0 bridgehead atoms. The Balaban J connectivity index is 1.50. The van der Waals surface area contributed by atoms with Crippen LogP contribution in [0.3, 0.4) is 0 Å². The van der Waals surface area contributed by atoms with E-state index in [1.165, 1.54) is 11.1 Å². The molecule has 0 aliphatic rings. The zero-order valence-electron chi connectivity index (χ0n) is 14.7. The monoisotopic (exact) mass is 331 g/mol. The van der Waals surface area contributed by atoms with E-state index in [-0.39, 0.29) is 0 Å². The van der Waals surface area contributed by atoms with Gasteiger partial charge in [0.15, 0.2) is 0 Å². The van der Waals surface area contributed by atoms with Gasteiger partial charge in [-0.25, -0.2) is 0 Å². The third-order valence-electron chi connectivity index (χ3n) is 4.29. The van der Waals surface area contributed by atoms with Crippen molar-refractivity contribution in [3.05, 3.63) is 96.1 Å². The maximum absolute atomic E-state index is 5.93. The Morgan fingerprint density at radius 3 is 2.24 bits per heavy atom. The standard InChI is InChI=1S/C23H25NO/c1-19(18-24-16-15-20-9-4-2-5-10-20)21-11-8-14-23(17-21)25-22-12-6-3-7-13-22/h2-14,17,19,24H,15-16,18H2,1H3. The number of para-hydroxylation sites is 1. The summed E-state index contributed by atoms with van der Waals surface area (Å²) in [5.74, 6) is 2.20. The highest BCUT2D eigenvalue weighted by Gasteiger charge is 2.07. The predicted molar refractivity (Wildman–Crippen MR) is 104 cm³/mol. The minimum absolute atomic E-state index is 0.440. The Morgan fingerprint density at radius 2 is 1.48 bits per heavy atom. The fraction of sp³-hybridized carbons (Fsp3) is 0.217. The summed E-state index contributed by atoms with van der Waals surface area (Å²) in [6, 6.07) is 28.9. The van der Waals surface area contributed by atoms with Crippen molar-refractivity contribution in [2.24, 2.45) is 0 Å². The molecule has 1 atom stereocenters. The number of hydrogen-bond acceptors (Lipinski definition) is 2. The van der Waals surface area contributed by atoms with Crippen LogP contribution in [0.1, 0.15) is 24.0 Å². The highest BCUT2D eigenvalue weighted by Crippen LogP contribution is 2.25. The fourth-order valence-electron chi connectivity index (χ4n) is 2.82. The molecule has 0 aliphatic carbocycles. The van der Waals surface area contributed by atoms with Crippen LogP contribution >= 0.6 is 0 Å². The molecule has 0 aliphatic heterocycles. The number of hydrogen-bond donors (Lipinski definition) is 1. The van der Waals surface area contributed by atoms with Gasteiger partial charge in [0, 0.05) is 6.54 Å². The molecule has 3 aromatic rings. The van der Waals surface area contributed by atoms with Crippen molar-refractivity contribution in [3.63, 3.8) is 0 Å². The molecule has 1 unspecified atom stereocenters. The molecule has 128 valence electrons. The van der Waals surface area contributed by atoms with Gasteiger partial charge in [-0.05, 0) is 54.3 Å². The molecule has 0 heterocycles. The summed E-state index contributed by atoms with van der Waals surface area (Å²) in [4.78, 5) is 0. The summed E-state index contributed by atoms with van der Waals surface area (Å²) in [6.07, 6.45) is 1.06. The van der Waals surface area contributed by atoms with Crippen LogP contribution in [-0.2, 0) is 6.42 Å². The highest BCUT2D eigenvalue weighted by atomic mass is 16.5. The van der Waals surface area contributed by atoms with Gasteiger partial charge in [-0.2, -0.15) is 0 Å². The number of ether oxygens (including phenoxy) is 1. The number of rotatable bonds is 8. The smallest absolute Gasteiger partial charge is 0.127 e. The topological polar surface area (TPSA) is 21.3 Å². The van der Waals surface area contributed by atoms with Gasteiger partial charge in [-0.1, -0.05) is 67.6 Å². The molecular weight excluding hydrogens is 306 g/mol. The van der Waals surface area contributed by atoms with E-state index in [1.54, 1.807) is 0 Å². The molecule has 3 aromatic carbocycles. The summed E-state index contributed by atoms with van der Waals surface area (Å²) < 4.78 is 5.93. The molecule has 0 aromatic heterocycles. The van der Waals surface area contributed by atoms with Gasteiger partial charge in [0.25, 0.3) is 0 Å². The van der Waals surface area contributed by atoms with Crippen LogP contribution in [0.2, 0.25) is 0 Å². The zero-order valence-corrected chi connectivity index (χ0v) is 14.7. The molecule has 0 radical (unpaired) electrons. The Hall–Kier alpha value is -2.58. The first-order valence-electron chi connectivity index (χ1n) is 8.89. The summed E-state index contributed by atoms with van der Waals surface area (Å²) in [5, 5.41) is 3.56. The second kappa shape index (κ2) is 9.05. The van der Waals surface area contributed by atoms with Crippen LogP contribution in [0.4, 0.5) is 0 Å². The number of benzene rings is 3. The molecule has 0 fully saturated rings. The molecule has 3 rings (SSSR count). The summed E-state index contributed by atoms with van der Waals surface area (Å²) >= 11 is 0. The Kier molecular flexibility index (Phi) is 6.24. The van der Waals surface area contributed by atoms with Gasteiger partial charge in [0.05, 0.1) is 0 Å². The van der Waals surface area contributed by atoms with Crippen molar-refractivity contribution in [1.29, 1.82) is 0 Å². The van der Waals surface area contributed by atoms with Crippen molar-refractivity contribution in [3.8, 4) is 11.5 Å².